The fourth-order valence-corrected chi connectivity index (χ4v) is 6.29. The third kappa shape index (κ3) is 6.88. The Morgan fingerprint density at radius 1 is 0.932 bits per heavy atom. The van der Waals surface area contributed by atoms with Gasteiger partial charge in [-0.2, -0.15) is 0 Å². The fraction of sp³-hybridized carbons (Fsp3) is 0.250. The van der Waals surface area contributed by atoms with Crippen molar-refractivity contribution in [2.24, 2.45) is 0 Å². The molecule has 0 spiro atoms. The summed E-state index contributed by atoms with van der Waals surface area (Å²) in [6.45, 7) is 4.22. The number of rotatable bonds is 8. The van der Waals surface area contributed by atoms with E-state index >= 15 is 0 Å². The number of nitrogens with zero attached hydrogens (tertiary/aromatic N) is 3. The Hall–Kier alpha value is -3.97. The van der Waals surface area contributed by atoms with Gasteiger partial charge in [-0.25, -0.2) is 4.79 Å². The van der Waals surface area contributed by atoms with Crippen LogP contribution < -0.4 is 5.32 Å². The third-order valence-electron chi connectivity index (χ3n) is 8.17. The summed E-state index contributed by atoms with van der Waals surface area (Å²) in [5, 5.41) is 6.12. The van der Waals surface area contributed by atoms with Crippen LogP contribution in [0, 0.1) is 0 Å². The lowest BCUT2D eigenvalue weighted by atomic mass is 9.84. The number of nitrogens with one attached hydrogen (secondary N) is 1. The van der Waals surface area contributed by atoms with E-state index in [0.717, 1.165) is 57.3 Å². The van der Waals surface area contributed by atoms with Crippen molar-refractivity contribution in [2.75, 3.05) is 19.7 Å². The standard InChI is InChI=1S/C36H34Cl2N4O2/c1-2-44-36(43)42-17-14-30(15-18-42)40-23-31-21-32(25-5-3-7-29(38)19-25)33-20-26(10-13-34(33)41-31)35(27-6-4-16-39-22-27)24-8-11-28(37)12-9-24/h3-13,16,19-22,30,35,40H,2,14-15,17-18,23H2,1H3. The van der Waals surface area contributed by atoms with Gasteiger partial charge in [0.2, 0.25) is 0 Å². The smallest absolute Gasteiger partial charge is 0.409 e. The number of likely N-dealkylation sites (tertiary alicyclic amines) is 1. The molecule has 3 heterocycles. The average molecular weight is 626 g/mol. The molecule has 6 rings (SSSR count). The molecule has 1 unspecified atom stereocenters. The number of ether oxygens (including phenoxy) is 1. The lowest BCUT2D eigenvalue weighted by Crippen LogP contribution is -2.45. The van der Waals surface area contributed by atoms with Crippen LogP contribution >= 0.6 is 23.2 Å². The van der Waals surface area contributed by atoms with E-state index in [1.807, 2.05) is 49.5 Å². The first-order valence-corrected chi connectivity index (χ1v) is 15.7. The zero-order valence-electron chi connectivity index (χ0n) is 24.5. The van der Waals surface area contributed by atoms with Crippen LogP contribution in [0.3, 0.4) is 0 Å². The Labute approximate surface area is 268 Å². The molecule has 0 bridgehead atoms. The van der Waals surface area contributed by atoms with Gasteiger partial charge in [0.25, 0.3) is 0 Å². The predicted octanol–water partition coefficient (Wildman–Crippen LogP) is 8.49. The second-order valence-corrected chi connectivity index (χ2v) is 11.9. The first-order valence-electron chi connectivity index (χ1n) is 15.0. The summed E-state index contributed by atoms with van der Waals surface area (Å²) in [5.41, 5.74) is 7.35. The molecule has 0 saturated carbocycles. The monoisotopic (exact) mass is 624 g/mol. The molecule has 1 amide bonds. The second kappa shape index (κ2) is 13.8. The molecule has 8 heteroatoms. The van der Waals surface area contributed by atoms with Gasteiger partial charge in [0.05, 0.1) is 17.8 Å². The average Bonchev–Trinajstić information content (AvgIpc) is 3.05. The SMILES string of the molecule is CCOC(=O)N1CCC(NCc2cc(-c3cccc(Cl)c3)c3cc(C(c4ccc(Cl)cc4)c4cccnc4)ccc3n2)CC1. The number of fused-ring (bicyclic) bond motifs is 1. The number of hydrogen-bond donors (Lipinski definition) is 1. The van der Waals surface area contributed by atoms with Gasteiger partial charge >= 0.3 is 6.09 Å². The lowest BCUT2D eigenvalue weighted by Gasteiger charge is -2.31. The highest BCUT2D eigenvalue weighted by Gasteiger charge is 2.24. The van der Waals surface area contributed by atoms with E-state index < -0.39 is 0 Å². The van der Waals surface area contributed by atoms with Crippen molar-refractivity contribution in [3.63, 3.8) is 0 Å². The molecular formula is C36H34Cl2N4O2. The van der Waals surface area contributed by atoms with E-state index in [1.165, 1.54) is 0 Å². The van der Waals surface area contributed by atoms with E-state index in [1.54, 1.807) is 11.1 Å². The minimum absolute atomic E-state index is 0.0283. The number of carbonyl (C=O) groups is 1. The Morgan fingerprint density at radius 3 is 2.45 bits per heavy atom. The van der Waals surface area contributed by atoms with Crippen LogP contribution in [0.4, 0.5) is 4.79 Å². The molecule has 3 aromatic carbocycles. The van der Waals surface area contributed by atoms with Crippen molar-refractivity contribution in [1.29, 1.82) is 0 Å². The lowest BCUT2D eigenvalue weighted by molar-refractivity contribution is 0.0949. The summed E-state index contributed by atoms with van der Waals surface area (Å²) in [6.07, 6.45) is 5.23. The first-order chi connectivity index (χ1) is 21.5. The van der Waals surface area contributed by atoms with Crippen molar-refractivity contribution >= 4 is 40.2 Å². The van der Waals surface area contributed by atoms with E-state index in [2.05, 4.69) is 58.8 Å². The molecule has 1 atom stereocenters. The zero-order valence-corrected chi connectivity index (χ0v) is 26.1. The molecular weight excluding hydrogens is 591 g/mol. The number of carbonyl (C=O) groups excluding carboxylic acids is 1. The van der Waals surface area contributed by atoms with Crippen LogP contribution in [0.15, 0.2) is 97.3 Å². The van der Waals surface area contributed by atoms with Gasteiger partial charge in [-0.05, 0) is 96.1 Å². The van der Waals surface area contributed by atoms with Gasteiger partial charge in [0.15, 0.2) is 0 Å². The number of benzene rings is 3. The number of aromatic nitrogens is 2. The van der Waals surface area contributed by atoms with Crippen LogP contribution in [-0.4, -0.2) is 46.7 Å². The van der Waals surface area contributed by atoms with Crippen LogP contribution in [0.1, 0.15) is 48.1 Å². The summed E-state index contributed by atoms with van der Waals surface area (Å²) in [4.78, 5) is 23.4. The zero-order chi connectivity index (χ0) is 30.5. The van der Waals surface area contributed by atoms with Crippen LogP contribution in [0.2, 0.25) is 10.0 Å². The summed E-state index contributed by atoms with van der Waals surface area (Å²) >= 11 is 12.7. The molecule has 1 aliphatic rings. The topological polar surface area (TPSA) is 67.3 Å². The number of piperidine rings is 1. The summed E-state index contributed by atoms with van der Waals surface area (Å²) in [5.74, 6) is -0.0283. The number of hydrogen-bond acceptors (Lipinski definition) is 5. The highest BCUT2D eigenvalue weighted by Crippen LogP contribution is 2.37. The first kappa shape index (κ1) is 30.1. The second-order valence-electron chi connectivity index (χ2n) is 11.1. The van der Waals surface area contributed by atoms with Gasteiger partial charge < -0.3 is 15.0 Å². The van der Waals surface area contributed by atoms with Crippen molar-refractivity contribution in [3.8, 4) is 11.1 Å². The molecule has 5 aromatic rings. The maximum Gasteiger partial charge on any atom is 0.409 e. The van der Waals surface area contributed by atoms with Gasteiger partial charge in [-0.1, -0.05) is 59.6 Å². The van der Waals surface area contributed by atoms with E-state index in [0.29, 0.717) is 42.3 Å². The molecule has 0 aliphatic carbocycles. The molecule has 2 aromatic heterocycles. The van der Waals surface area contributed by atoms with E-state index in [-0.39, 0.29) is 12.0 Å². The molecule has 0 radical (unpaired) electrons. The van der Waals surface area contributed by atoms with Gasteiger partial charge in [-0.3, -0.25) is 9.97 Å². The number of halogens is 2. The highest BCUT2D eigenvalue weighted by molar-refractivity contribution is 6.31. The summed E-state index contributed by atoms with van der Waals surface area (Å²) < 4.78 is 5.17. The highest BCUT2D eigenvalue weighted by atomic mass is 35.5. The maximum absolute atomic E-state index is 12.1. The fourth-order valence-electron chi connectivity index (χ4n) is 5.97. The predicted molar refractivity (Wildman–Crippen MR) is 177 cm³/mol. The van der Waals surface area contributed by atoms with Gasteiger partial charge in [0.1, 0.15) is 0 Å². The molecule has 224 valence electrons. The van der Waals surface area contributed by atoms with Crippen LogP contribution in [0.25, 0.3) is 22.0 Å². The summed E-state index contributed by atoms with van der Waals surface area (Å²) in [6, 6.07) is 29.0. The molecule has 6 nitrogen and oxygen atoms in total. The van der Waals surface area contributed by atoms with E-state index in [9.17, 15) is 4.79 Å². The Morgan fingerprint density at radius 2 is 1.73 bits per heavy atom. The molecule has 1 N–H and O–H groups in total. The minimum Gasteiger partial charge on any atom is -0.450 e. The molecule has 1 saturated heterocycles. The summed E-state index contributed by atoms with van der Waals surface area (Å²) in [7, 11) is 0. The maximum atomic E-state index is 12.1. The minimum atomic E-state index is -0.227. The quantitative estimate of drug-likeness (QED) is 0.187. The van der Waals surface area contributed by atoms with Crippen LogP contribution in [-0.2, 0) is 11.3 Å². The molecule has 1 fully saturated rings. The van der Waals surface area contributed by atoms with Gasteiger partial charge in [-0.15, -0.1) is 0 Å². The number of pyridine rings is 2. The van der Waals surface area contributed by atoms with Gasteiger partial charge in [0, 0.05) is 59.4 Å². The Balaban J connectivity index is 1.34. The van der Waals surface area contributed by atoms with Crippen molar-refractivity contribution in [1.82, 2.24) is 20.2 Å². The Bertz CT molecular complexity index is 1740. The molecule has 44 heavy (non-hydrogen) atoms. The van der Waals surface area contributed by atoms with Crippen molar-refractivity contribution < 1.29 is 9.53 Å². The largest absolute Gasteiger partial charge is 0.450 e. The molecule has 1 aliphatic heterocycles. The van der Waals surface area contributed by atoms with E-state index in [4.69, 9.17) is 32.9 Å². The third-order valence-corrected chi connectivity index (χ3v) is 8.66. The number of amides is 1. The van der Waals surface area contributed by atoms with Crippen molar-refractivity contribution in [3.05, 3.63) is 130 Å². The normalized spacial score (nSPS) is 14.5. The van der Waals surface area contributed by atoms with Crippen LogP contribution in [0.5, 0.6) is 0 Å². The Kier molecular flexibility index (Phi) is 9.41. The van der Waals surface area contributed by atoms with Crippen molar-refractivity contribution in [2.45, 2.75) is 38.3 Å².